The van der Waals surface area contributed by atoms with Crippen LogP contribution in [0, 0.1) is 0 Å². The SMILES string of the molecule is COc1ccccc1N1CCN(c2ccc(C(=O)NCCc3cccc(Cl)c3)cn2)CC1. The molecular weight excluding hydrogens is 424 g/mol. The normalized spacial score (nSPS) is 13.7. The van der Waals surface area contributed by atoms with Crippen molar-refractivity contribution in [1.82, 2.24) is 10.3 Å². The van der Waals surface area contributed by atoms with Gasteiger partial charge in [0.15, 0.2) is 0 Å². The molecule has 0 unspecified atom stereocenters. The minimum absolute atomic E-state index is 0.118. The van der Waals surface area contributed by atoms with E-state index < -0.39 is 0 Å². The van der Waals surface area contributed by atoms with Gasteiger partial charge in [-0.15, -0.1) is 0 Å². The van der Waals surface area contributed by atoms with E-state index in [4.69, 9.17) is 16.3 Å². The third-order valence-electron chi connectivity index (χ3n) is 5.63. The van der Waals surface area contributed by atoms with Crippen LogP contribution >= 0.6 is 11.6 Å². The van der Waals surface area contributed by atoms with Gasteiger partial charge < -0.3 is 19.9 Å². The molecule has 166 valence electrons. The molecule has 0 atom stereocenters. The number of benzene rings is 2. The van der Waals surface area contributed by atoms with Crippen LogP contribution in [0.2, 0.25) is 5.02 Å². The van der Waals surface area contributed by atoms with Crippen molar-refractivity contribution in [2.24, 2.45) is 0 Å². The molecule has 1 fully saturated rings. The first-order chi connectivity index (χ1) is 15.6. The summed E-state index contributed by atoms with van der Waals surface area (Å²) in [4.78, 5) is 21.6. The van der Waals surface area contributed by atoms with Crippen LogP contribution in [0.4, 0.5) is 11.5 Å². The average Bonchev–Trinajstić information content (AvgIpc) is 2.84. The van der Waals surface area contributed by atoms with Crippen molar-refractivity contribution >= 4 is 29.0 Å². The van der Waals surface area contributed by atoms with Crippen molar-refractivity contribution in [2.45, 2.75) is 6.42 Å². The lowest BCUT2D eigenvalue weighted by Crippen LogP contribution is -2.47. The number of para-hydroxylation sites is 2. The van der Waals surface area contributed by atoms with E-state index in [-0.39, 0.29) is 5.91 Å². The van der Waals surface area contributed by atoms with Crippen molar-refractivity contribution < 1.29 is 9.53 Å². The number of pyridine rings is 1. The van der Waals surface area contributed by atoms with E-state index in [1.165, 1.54) is 0 Å². The second-order valence-electron chi connectivity index (χ2n) is 7.69. The van der Waals surface area contributed by atoms with Gasteiger partial charge in [0.25, 0.3) is 5.91 Å². The number of piperazine rings is 1. The highest BCUT2D eigenvalue weighted by molar-refractivity contribution is 6.30. The number of ether oxygens (including phenoxy) is 1. The summed E-state index contributed by atoms with van der Waals surface area (Å²) in [6.07, 6.45) is 2.38. The zero-order valence-corrected chi connectivity index (χ0v) is 18.9. The van der Waals surface area contributed by atoms with Gasteiger partial charge in [0, 0.05) is 43.9 Å². The lowest BCUT2D eigenvalue weighted by atomic mass is 10.1. The Morgan fingerprint density at radius 2 is 1.81 bits per heavy atom. The number of hydrogen-bond donors (Lipinski definition) is 1. The van der Waals surface area contributed by atoms with Gasteiger partial charge in [0.05, 0.1) is 18.4 Å². The third kappa shape index (κ3) is 5.32. The van der Waals surface area contributed by atoms with Gasteiger partial charge in [-0.25, -0.2) is 4.98 Å². The number of methoxy groups -OCH3 is 1. The van der Waals surface area contributed by atoms with Crippen molar-refractivity contribution in [2.75, 3.05) is 49.6 Å². The zero-order valence-electron chi connectivity index (χ0n) is 18.1. The first-order valence-electron chi connectivity index (χ1n) is 10.8. The Morgan fingerprint density at radius 1 is 1.03 bits per heavy atom. The van der Waals surface area contributed by atoms with E-state index in [0.29, 0.717) is 17.1 Å². The molecule has 0 spiro atoms. The minimum atomic E-state index is -0.118. The highest BCUT2D eigenvalue weighted by Crippen LogP contribution is 2.29. The van der Waals surface area contributed by atoms with E-state index >= 15 is 0 Å². The molecule has 1 aliphatic heterocycles. The maximum absolute atomic E-state index is 12.4. The molecule has 7 heteroatoms. The van der Waals surface area contributed by atoms with Crippen LogP contribution in [0.15, 0.2) is 66.9 Å². The molecule has 32 heavy (non-hydrogen) atoms. The number of rotatable bonds is 7. The number of aromatic nitrogens is 1. The van der Waals surface area contributed by atoms with E-state index in [2.05, 4.69) is 26.2 Å². The summed E-state index contributed by atoms with van der Waals surface area (Å²) in [5.41, 5.74) is 2.78. The van der Waals surface area contributed by atoms with E-state index in [1.54, 1.807) is 13.3 Å². The Morgan fingerprint density at radius 3 is 2.53 bits per heavy atom. The Bertz CT molecular complexity index is 1050. The fourth-order valence-electron chi connectivity index (χ4n) is 3.89. The van der Waals surface area contributed by atoms with Crippen molar-refractivity contribution in [3.8, 4) is 5.75 Å². The van der Waals surface area contributed by atoms with E-state index in [0.717, 1.165) is 55.4 Å². The van der Waals surface area contributed by atoms with Gasteiger partial charge >= 0.3 is 0 Å². The Kier molecular flexibility index (Phi) is 7.12. The summed E-state index contributed by atoms with van der Waals surface area (Å²) < 4.78 is 5.49. The number of hydrogen-bond acceptors (Lipinski definition) is 5. The minimum Gasteiger partial charge on any atom is -0.495 e. The number of carbonyl (C=O) groups excluding carboxylic acids is 1. The van der Waals surface area contributed by atoms with Crippen molar-refractivity contribution in [1.29, 1.82) is 0 Å². The fraction of sp³-hybridized carbons (Fsp3) is 0.280. The highest BCUT2D eigenvalue weighted by Gasteiger charge is 2.20. The predicted molar refractivity (Wildman–Crippen MR) is 129 cm³/mol. The van der Waals surface area contributed by atoms with Crippen LogP contribution in [0.3, 0.4) is 0 Å². The van der Waals surface area contributed by atoms with Crippen molar-refractivity contribution in [3.63, 3.8) is 0 Å². The largest absolute Gasteiger partial charge is 0.495 e. The zero-order chi connectivity index (χ0) is 22.3. The van der Waals surface area contributed by atoms with Crippen LogP contribution < -0.4 is 19.9 Å². The highest BCUT2D eigenvalue weighted by atomic mass is 35.5. The molecule has 2 heterocycles. The molecule has 0 aliphatic carbocycles. The lowest BCUT2D eigenvalue weighted by Gasteiger charge is -2.37. The summed E-state index contributed by atoms with van der Waals surface area (Å²) in [5, 5.41) is 3.65. The first-order valence-corrected chi connectivity index (χ1v) is 11.1. The van der Waals surface area contributed by atoms with Crippen LogP contribution in [-0.4, -0.2) is 50.7 Å². The molecule has 0 saturated carbocycles. The summed E-state index contributed by atoms with van der Waals surface area (Å²) in [7, 11) is 1.70. The van der Waals surface area contributed by atoms with Gasteiger partial charge in [-0.3, -0.25) is 4.79 Å². The van der Waals surface area contributed by atoms with Crippen LogP contribution in [0.5, 0.6) is 5.75 Å². The molecular formula is C25H27ClN4O2. The predicted octanol–water partition coefficient (Wildman–Crippen LogP) is 4.04. The smallest absolute Gasteiger partial charge is 0.252 e. The van der Waals surface area contributed by atoms with Crippen LogP contribution in [0.25, 0.3) is 0 Å². The molecule has 1 N–H and O–H groups in total. The maximum Gasteiger partial charge on any atom is 0.252 e. The molecule has 1 saturated heterocycles. The maximum atomic E-state index is 12.4. The molecule has 0 bridgehead atoms. The summed E-state index contributed by atoms with van der Waals surface area (Å²) in [6.45, 7) is 4.03. The second-order valence-corrected chi connectivity index (χ2v) is 8.12. The number of carbonyl (C=O) groups is 1. The molecule has 4 rings (SSSR count). The molecule has 0 radical (unpaired) electrons. The molecule has 6 nitrogen and oxygen atoms in total. The van der Waals surface area contributed by atoms with E-state index in [9.17, 15) is 4.79 Å². The molecule has 1 aromatic heterocycles. The number of nitrogens with one attached hydrogen (secondary N) is 1. The fourth-order valence-corrected chi connectivity index (χ4v) is 4.10. The van der Waals surface area contributed by atoms with Gasteiger partial charge in [-0.1, -0.05) is 35.9 Å². The molecule has 1 aliphatic rings. The number of anilines is 2. The number of amides is 1. The van der Waals surface area contributed by atoms with Crippen molar-refractivity contribution in [3.05, 3.63) is 83.0 Å². The Labute approximate surface area is 193 Å². The van der Waals surface area contributed by atoms with Gasteiger partial charge in [-0.2, -0.15) is 0 Å². The van der Waals surface area contributed by atoms with E-state index in [1.807, 2.05) is 54.6 Å². The standard InChI is InChI=1S/C25H27ClN4O2/c1-32-23-8-3-2-7-22(23)29-13-15-30(16-14-29)24-10-9-20(18-28-24)25(31)27-12-11-19-5-4-6-21(26)17-19/h2-10,17-18H,11-16H2,1H3,(H,27,31). The topological polar surface area (TPSA) is 57.7 Å². The Balaban J connectivity index is 1.28. The Hall–Kier alpha value is -3.25. The number of halogens is 1. The molecule has 3 aromatic rings. The summed E-state index contributed by atoms with van der Waals surface area (Å²) in [6, 6.07) is 19.5. The first kappa shape index (κ1) is 22.0. The van der Waals surface area contributed by atoms with Gasteiger partial charge in [0.1, 0.15) is 11.6 Å². The quantitative estimate of drug-likeness (QED) is 0.588. The van der Waals surface area contributed by atoms with Crippen LogP contribution in [-0.2, 0) is 6.42 Å². The molecule has 1 amide bonds. The summed E-state index contributed by atoms with van der Waals surface area (Å²) in [5.74, 6) is 1.66. The summed E-state index contributed by atoms with van der Waals surface area (Å²) >= 11 is 6.01. The van der Waals surface area contributed by atoms with Gasteiger partial charge in [0.2, 0.25) is 0 Å². The second kappa shape index (κ2) is 10.4. The third-order valence-corrected chi connectivity index (χ3v) is 5.86. The lowest BCUT2D eigenvalue weighted by molar-refractivity contribution is 0.0954. The number of nitrogens with zero attached hydrogens (tertiary/aromatic N) is 3. The van der Waals surface area contributed by atoms with Crippen LogP contribution in [0.1, 0.15) is 15.9 Å². The monoisotopic (exact) mass is 450 g/mol. The average molecular weight is 451 g/mol. The molecule has 2 aromatic carbocycles. The van der Waals surface area contributed by atoms with Gasteiger partial charge in [-0.05, 0) is 48.4 Å².